The van der Waals surface area contributed by atoms with Crippen LogP contribution in [0.2, 0.25) is 0 Å². The maximum Gasteiger partial charge on any atom is 0.123 e. The number of methoxy groups -OCH3 is 1. The van der Waals surface area contributed by atoms with Gasteiger partial charge in [0, 0.05) is 23.7 Å². The zero-order valence-electron chi connectivity index (χ0n) is 10.3. The van der Waals surface area contributed by atoms with Crippen LogP contribution in [0.3, 0.4) is 0 Å². The van der Waals surface area contributed by atoms with Crippen LogP contribution >= 0.6 is 0 Å². The summed E-state index contributed by atoms with van der Waals surface area (Å²) in [5.41, 5.74) is 0.926. The summed E-state index contributed by atoms with van der Waals surface area (Å²) in [4.78, 5) is 0. The van der Waals surface area contributed by atoms with Gasteiger partial charge in [-0.1, -0.05) is 18.9 Å². The van der Waals surface area contributed by atoms with Gasteiger partial charge in [0.25, 0.3) is 0 Å². The van der Waals surface area contributed by atoms with Crippen molar-refractivity contribution in [2.24, 2.45) is 0 Å². The van der Waals surface area contributed by atoms with Crippen LogP contribution in [0.1, 0.15) is 37.7 Å². The molecule has 0 atom stereocenters. The SMILES string of the molecule is COc1ccc(C2(CCO)CCCC2)c(O)c1. The highest BCUT2D eigenvalue weighted by atomic mass is 16.5. The van der Waals surface area contributed by atoms with Crippen LogP contribution in [0.5, 0.6) is 11.5 Å². The number of aromatic hydroxyl groups is 1. The number of ether oxygens (including phenoxy) is 1. The molecule has 1 fully saturated rings. The Labute approximate surface area is 102 Å². The molecule has 1 aliphatic rings. The van der Waals surface area contributed by atoms with Gasteiger partial charge < -0.3 is 14.9 Å². The van der Waals surface area contributed by atoms with Gasteiger partial charge in [0.05, 0.1) is 7.11 Å². The molecule has 94 valence electrons. The lowest BCUT2D eigenvalue weighted by molar-refractivity contribution is 0.234. The molecular weight excluding hydrogens is 216 g/mol. The molecule has 0 saturated heterocycles. The summed E-state index contributed by atoms with van der Waals surface area (Å²) in [6.07, 6.45) is 5.17. The smallest absolute Gasteiger partial charge is 0.123 e. The van der Waals surface area contributed by atoms with E-state index in [4.69, 9.17) is 4.74 Å². The molecule has 0 radical (unpaired) electrons. The van der Waals surface area contributed by atoms with Crippen molar-refractivity contribution >= 4 is 0 Å². The highest BCUT2D eigenvalue weighted by molar-refractivity contribution is 5.44. The third-order valence-corrected chi connectivity index (χ3v) is 3.93. The van der Waals surface area contributed by atoms with Crippen LogP contribution in [0.15, 0.2) is 18.2 Å². The van der Waals surface area contributed by atoms with Crippen molar-refractivity contribution in [1.82, 2.24) is 0 Å². The van der Waals surface area contributed by atoms with Crippen LogP contribution < -0.4 is 4.74 Å². The molecule has 2 rings (SSSR count). The van der Waals surface area contributed by atoms with Crippen LogP contribution in [-0.2, 0) is 5.41 Å². The maximum absolute atomic E-state index is 10.1. The normalized spacial score (nSPS) is 18.2. The zero-order chi connectivity index (χ0) is 12.3. The van der Waals surface area contributed by atoms with Gasteiger partial charge in [-0.05, 0) is 25.3 Å². The first-order valence-corrected chi connectivity index (χ1v) is 6.20. The van der Waals surface area contributed by atoms with E-state index in [1.165, 1.54) is 12.8 Å². The minimum Gasteiger partial charge on any atom is -0.508 e. The molecule has 1 aromatic carbocycles. The number of hydrogen-bond acceptors (Lipinski definition) is 3. The summed E-state index contributed by atoms with van der Waals surface area (Å²) >= 11 is 0. The van der Waals surface area contributed by atoms with Gasteiger partial charge in [-0.3, -0.25) is 0 Å². The van der Waals surface area contributed by atoms with E-state index >= 15 is 0 Å². The first-order chi connectivity index (χ1) is 8.22. The predicted molar refractivity (Wildman–Crippen MR) is 66.5 cm³/mol. The molecule has 0 aromatic heterocycles. The van der Waals surface area contributed by atoms with Gasteiger partial charge in [0.15, 0.2) is 0 Å². The third kappa shape index (κ3) is 2.25. The van der Waals surface area contributed by atoms with Gasteiger partial charge >= 0.3 is 0 Å². The Hall–Kier alpha value is -1.22. The van der Waals surface area contributed by atoms with Crippen LogP contribution in [0.4, 0.5) is 0 Å². The molecule has 0 unspecified atom stereocenters. The summed E-state index contributed by atoms with van der Waals surface area (Å²) < 4.78 is 5.10. The summed E-state index contributed by atoms with van der Waals surface area (Å²) in [6.45, 7) is 0.172. The fourth-order valence-electron chi connectivity index (χ4n) is 3.01. The monoisotopic (exact) mass is 236 g/mol. The quantitative estimate of drug-likeness (QED) is 0.844. The van der Waals surface area contributed by atoms with Gasteiger partial charge in [-0.25, -0.2) is 0 Å². The summed E-state index contributed by atoms with van der Waals surface area (Å²) in [6, 6.07) is 5.48. The summed E-state index contributed by atoms with van der Waals surface area (Å²) in [7, 11) is 1.59. The Morgan fingerprint density at radius 3 is 2.53 bits per heavy atom. The maximum atomic E-state index is 10.1. The van der Waals surface area contributed by atoms with Crippen molar-refractivity contribution < 1.29 is 14.9 Å². The molecule has 1 aliphatic carbocycles. The standard InChI is InChI=1S/C14H20O3/c1-17-11-4-5-12(13(16)10-11)14(8-9-15)6-2-3-7-14/h4-5,10,15-16H,2-3,6-9H2,1H3. The molecule has 0 heterocycles. The van der Waals surface area contributed by atoms with E-state index in [-0.39, 0.29) is 12.0 Å². The van der Waals surface area contributed by atoms with E-state index in [9.17, 15) is 10.2 Å². The number of phenolic OH excluding ortho intramolecular Hbond substituents is 1. The average molecular weight is 236 g/mol. The number of aliphatic hydroxyl groups is 1. The molecular formula is C14H20O3. The van der Waals surface area contributed by atoms with Gasteiger partial charge in [0.2, 0.25) is 0 Å². The Morgan fingerprint density at radius 1 is 1.29 bits per heavy atom. The first-order valence-electron chi connectivity index (χ1n) is 6.20. The van der Waals surface area contributed by atoms with Crippen LogP contribution in [0.25, 0.3) is 0 Å². The fourth-order valence-corrected chi connectivity index (χ4v) is 3.01. The minimum absolute atomic E-state index is 0.0366. The second kappa shape index (κ2) is 4.96. The average Bonchev–Trinajstić information content (AvgIpc) is 2.79. The molecule has 0 spiro atoms. The van der Waals surface area contributed by atoms with Gasteiger partial charge in [-0.15, -0.1) is 0 Å². The van der Waals surface area contributed by atoms with E-state index in [0.717, 1.165) is 24.8 Å². The molecule has 0 aliphatic heterocycles. The van der Waals surface area contributed by atoms with Crippen molar-refractivity contribution in [2.75, 3.05) is 13.7 Å². The molecule has 0 bridgehead atoms. The van der Waals surface area contributed by atoms with E-state index < -0.39 is 0 Å². The Balaban J connectivity index is 2.36. The fraction of sp³-hybridized carbons (Fsp3) is 0.571. The second-order valence-electron chi connectivity index (χ2n) is 4.84. The number of aliphatic hydroxyl groups excluding tert-OH is 1. The Kier molecular flexibility index (Phi) is 3.57. The number of rotatable bonds is 4. The first kappa shape index (κ1) is 12.2. The van der Waals surface area contributed by atoms with Crippen molar-refractivity contribution in [3.05, 3.63) is 23.8 Å². The molecule has 1 aromatic rings. The van der Waals surface area contributed by atoms with Crippen molar-refractivity contribution in [3.8, 4) is 11.5 Å². The van der Waals surface area contributed by atoms with Crippen molar-refractivity contribution in [1.29, 1.82) is 0 Å². The van der Waals surface area contributed by atoms with Crippen molar-refractivity contribution in [3.63, 3.8) is 0 Å². The van der Waals surface area contributed by atoms with Crippen LogP contribution in [-0.4, -0.2) is 23.9 Å². The number of phenols is 1. The number of hydrogen-bond donors (Lipinski definition) is 2. The van der Waals surface area contributed by atoms with E-state index in [1.54, 1.807) is 13.2 Å². The molecule has 1 saturated carbocycles. The summed E-state index contributed by atoms with van der Waals surface area (Å²) in [5.74, 6) is 0.961. The third-order valence-electron chi connectivity index (χ3n) is 3.93. The molecule has 0 amide bonds. The van der Waals surface area contributed by atoms with E-state index in [1.807, 2.05) is 12.1 Å². The van der Waals surface area contributed by atoms with Crippen LogP contribution in [0, 0.1) is 0 Å². The predicted octanol–water partition coefficient (Wildman–Crippen LogP) is 2.60. The lowest BCUT2D eigenvalue weighted by Crippen LogP contribution is -2.23. The Bertz CT molecular complexity index is 381. The van der Waals surface area contributed by atoms with Crippen molar-refractivity contribution in [2.45, 2.75) is 37.5 Å². The zero-order valence-corrected chi connectivity index (χ0v) is 10.3. The lowest BCUT2D eigenvalue weighted by atomic mass is 9.76. The second-order valence-corrected chi connectivity index (χ2v) is 4.84. The van der Waals surface area contributed by atoms with E-state index in [0.29, 0.717) is 11.5 Å². The van der Waals surface area contributed by atoms with Gasteiger partial charge in [-0.2, -0.15) is 0 Å². The Morgan fingerprint density at radius 2 is 2.00 bits per heavy atom. The topological polar surface area (TPSA) is 49.7 Å². The molecule has 3 nitrogen and oxygen atoms in total. The number of benzene rings is 1. The van der Waals surface area contributed by atoms with E-state index in [2.05, 4.69) is 0 Å². The highest BCUT2D eigenvalue weighted by Gasteiger charge is 2.36. The highest BCUT2D eigenvalue weighted by Crippen LogP contribution is 2.47. The molecule has 3 heteroatoms. The molecule has 2 N–H and O–H groups in total. The lowest BCUT2D eigenvalue weighted by Gasteiger charge is -2.29. The summed E-state index contributed by atoms with van der Waals surface area (Å²) in [5, 5.41) is 19.4. The minimum atomic E-state index is -0.0366. The van der Waals surface area contributed by atoms with Gasteiger partial charge in [0.1, 0.15) is 11.5 Å². The largest absolute Gasteiger partial charge is 0.508 e. The molecule has 17 heavy (non-hydrogen) atoms.